The largest absolute Gasteiger partial charge is 0.508 e. The number of rotatable bonds is 12. The summed E-state index contributed by atoms with van der Waals surface area (Å²) in [6, 6.07) is 5.42. The number of hydrogen-bond acceptors (Lipinski definition) is 2. The lowest BCUT2D eigenvalue weighted by Crippen LogP contribution is -2.43. The molecule has 0 aromatic heterocycles. The standard InChI is InChI=1S/C20H25FO.C14H25F5S/c1-19-6-4-14-13-3-2-12(22)10-16(13)18(21)11-15(14)17(19)5-7-20(19)8-9-20;1-2-3-4-5-6-7-8-11-20-12-9-10-13(15,16)14(17,18)19/h2-3,10,14-15,17-18,22H,4-9,11H2,1H3;2-12H2,1H3. The summed E-state index contributed by atoms with van der Waals surface area (Å²) >= 11 is 1.47. The molecule has 3 saturated carbocycles. The lowest BCUT2D eigenvalue weighted by atomic mass is 9.53. The molecule has 4 aliphatic rings. The Morgan fingerprint density at radius 1 is 0.857 bits per heavy atom. The second kappa shape index (κ2) is 13.9. The van der Waals surface area contributed by atoms with Gasteiger partial charge in [-0.2, -0.15) is 33.7 Å². The van der Waals surface area contributed by atoms with Crippen molar-refractivity contribution in [1.29, 1.82) is 0 Å². The van der Waals surface area contributed by atoms with E-state index in [2.05, 4.69) is 13.8 Å². The zero-order valence-electron chi connectivity index (χ0n) is 25.4. The number of phenols is 1. The van der Waals surface area contributed by atoms with E-state index in [0.29, 0.717) is 40.8 Å². The minimum absolute atomic E-state index is 0.0896. The van der Waals surface area contributed by atoms with Gasteiger partial charge in [0.2, 0.25) is 0 Å². The predicted molar refractivity (Wildman–Crippen MR) is 160 cm³/mol. The quantitative estimate of drug-likeness (QED) is 0.185. The lowest BCUT2D eigenvalue weighted by molar-refractivity contribution is -0.284. The molecule has 5 atom stereocenters. The maximum Gasteiger partial charge on any atom is 0.453 e. The molecule has 3 fully saturated rings. The van der Waals surface area contributed by atoms with Gasteiger partial charge in [0.25, 0.3) is 0 Å². The summed E-state index contributed by atoms with van der Waals surface area (Å²) < 4.78 is 75.6. The van der Waals surface area contributed by atoms with E-state index in [0.717, 1.165) is 24.2 Å². The van der Waals surface area contributed by atoms with E-state index in [-0.39, 0.29) is 12.2 Å². The summed E-state index contributed by atoms with van der Waals surface area (Å²) in [4.78, 5) is 0. The van der Waals surface area contributed by atoms with Crippen LogP contribution in [0.5, 0.6) is 5.75 Å². The molecule has 5 unspecified atom stereocenters. The number of phenolic OH excluding ortho intramolecular Hbond substituents is 1. The molecule has 4 aliphatic carbocycles. The van der Waals surface area contributed by atoms with Gasteiger partial charge in [0.15, 0.2) is 0 Å². The molecule has 1 spiro atoms. The van der Waals surface area contributed by atoms with Gasteiger partial charge in [-0.25, -0.2) is 4.39 Å². The van der Waals surface area contributed by atoms with Crippen molar-refractivity contribution in [2.75, 3.05) is 11.5 Å². The summed E-state index contributed by atoms with van der Waals surface area (Å²) in [6.07, 6.45) is 9.57. The van der Waals surface area contributed by atoms with Crippen LogP contribution in [0.1, 0.15) is 140 Å². The second-order valence-corrected chi connectivity index (χ2v) is 14.9. The van der Waals surface area contributed by atoms with Crippen LogP contribution in [0.2, 0.25) is 0 Å². The van der Waals surface area contributed by atoms with Crippen LogP contribution in [0.4, 0.5) is 26.3 Å². The van der Waals surface area contributed by atoms with Gasteiger partial charge in [-0.3, -0.25) is 0 Å². The van der Waals surface area contributed by atoms with E-state index in [9.17, 15) is 31.4 Å². The van der Waals surface area contributed by atoms with Gasteiger partial charge in [-0.05, 0) is 121 Å². The monoisotopic (exact) mass is 620 g/mol. The van der Waals surface area contributed by atoms with Gasteiger partial charge in [0.1, 0.15) is 11.9 Å². The first-order valence-corrected chi connectivity index (χ1v) is 17.5. The molecule has 0 heterocycles. The summed E-state index contributed by atoms with van der Waals surface area (Å²) in [5, 5.41) is 9.70. The van der Waals surface area contributed by atoms with Crippen molar-refractivity contribution in [1.82, 2.24) is 0 Å². The van der Waals surface area contributed by atoms with Gasteiger partial charge in [0.05, 0.1) is 0 Å². The summed E-state index contributed by atoms with van der Waals surface area (Å²) in [6.45, 7) is 4.69. The van der Waals surface area contributed by atoms with Crippen LogP contribution in [0.3, 0.4) is 0 Å². The Labute approximate surface area is 253 Å². The van der Waals surface area contributed by atoms with E-state index in [1.807, 2.05) is 6.07 Å². The Kier molecular flexibility index (Phi) is 11.2. The molecule has 0 amide bonds. The molecule has 8 heteroatoms. The average molecular weight is 621 g/mol. The van der Waals surface area contributed by atoms with Crippen LogP contribution >= 0.6 is 11.8 Å². The van der Waals surface area contributed by atoms with Crippen molar-refractivity contribution in [2.45, 2.75) is 141 Å². The predicted octanol–water partition coefficient (Wildman–Crippen LogP) is 11.9. The van der Waals surface area contributed by atoms with Crippen LogP contribution in [0.25, 0.3) is 0 Å². The number of unbranched alkanes of at least 4 members (excludes halogenated alkanes) is 6. The third-order valence-electron chi connectivity index (χ3n) is 11.2. The number of benzene rings is 1. The Balaban J connectivity index is 0.000000195. The molecule has 42 heavy (non-hydrogen) atoms. The molecular formula is C34H50F6OS. The number of halogens is 6. The van der Waals surface area contributed by atoms with E-state index in [4.69, 9.17) is 0 Å². The topological polar surface area (TPSA) is 20.2 Å². The number of hydrogen-bond donors (Lipinski definition) is 1. The minimum Gasteiger partial charge on any atom is -0.508 e. The maximum absolute atomic E-state index is 14.8. The molecular weight excluding hydrogens is 570 g/mol. The molecule has 1 aromatic carbocycles. The normalized spacial score (nSPS) is 29.3. The van der Waals surface area contributed by atoms with E-state index < -0.39 is 24.7 Å². The molecule has 5 rings (SSSR count). The molecule has 1 aromatic rings. The van der Waals surface area contributed by atoms with Crippen molar-refractivity contribution in [3.8, 4) is 5.75 Å². The fraction of sp³-hybridized carbons (Fsp3) is 0.824. The minimum atomic E-state index is -5.41. The Morgan fingerprint density at radius 2 is 1.52 bits per heavy atom. The zero-order valence-corrected chi connectivity index (χ0v) is 26.2. The maximum atomic E-state index is 14.8. The number of aromatic hydroxyl groups is 1. The van der Waals surface area contributed by atoms with Crippen molar-refractivity contribution < 1.29 is 31.4 Å². The lowest BCUT2D eigenvalue weighted by Gasteiger charge is -2.52. The van der Waals surface area contributed by atoms with Gasteiger partial charge in [-0.15, -0.1) is 0 Å². The molecule has 0 bridgehead atoms. The molecule has 240 valence electrons. The number of alkyl halides is 6. The third-order valence-corrected chi connectivity index (χ3v) is 12.4. The van der Waals surface area contributed by atoms with Crippen molar-refractivity contribution in [3.63, 3.8) is 0 Å². The smallest absolute Gasteiger partial charge is 0.453 e. The van der Waals surface area contributed by atoms with E-state index in [1.54, 1.807) is 12.1 Å². The Bertz CT molecular complexity index is 1010. The Morgan fingerprint density at radius 3 is 2.19 bits per heavy atom. The van der Waals surface area contributed by atoms with Crippen LogP contribution in [-0.4, -0.2) is 28.7 Å². The van der Waals surface area contributed by atoms with E-state index in [1.165, 1.54) is 88.0 Å². The highest BCUT2D eigenvalue weighted by molar-refractivity contribution is 7.99. The average Bonchev–Trinajstić information content (AvgIpc) is 3.67. The fourth-order valence-electron chi connectivity index (χ4n) is 8.54. The SMILES string of the molecule is CC12CCC3c4ccc(O)cc4C(F)CC3C1CCC21CC1.CCCCCCCCCSCCCC(F)(F)C(F)(F)F. The van der Waals surface area contributed by atoms with Crippen molar-refractivity contribution in [2.24, 2.45) is 22.7 Å². The summed E-state index contributed by atoms with van der Waals surface area (Å²) in [5.74, 6) is -1.34. The Hall–Kier alpha value is -1.05. The van der Waals surface area contributed by atoms with Crippen LogP contribution in [-0.2, 0) is 0 Å². The van der Waals surface area contributed by atoms with Crippen molar-refractivity contribution in [3.05, 3.63) is 29.3 Å². The zero-order chi connectivity index (χ0) is 30.6. The second-order valence-electron chi connectivity index (χ2n) is 13.7. The first-order valence-electron chi connectivity index (χ1n) is 16.3. The first kappa shape index (κ1) is 33.8. The first-order chi connectivity index (χ1) is 19.9. The fourth-order valence-corrected chi connectivity index (χ4v) is 9.50. The molecule has 0 aliphatic heterocycles. The summed E-state index contributed by atoms with van der Waals surface area (Å²) in [5.41, 5.74) is 3.07. The van der Waals surface area contributed by atoms with Crippen LogP contribution in [0, 0.1) is 22.7 Å². The number of thioether (sulfide) groups is 1. The number of fused-ring (bicyclic) bond motifs is 6. The molecule has 0 saturated heterocycles. The van der Waals surface area contributed by atoms with Gasteiger partial charge >= 0.3 is 12.1 Å². The van der Waals surface area contributed by atoms with Crippen molar-refractivity contribution >= 4 is 11.8 Å². The molecule has 1 N–H and O–H groups in total. The van der Waals surface area contributed by atoms with E-state index >= 15 is 0 Å². The highest BCUT2D eigenvalue weighted by Crippen LogP contribution is 2.76. The third kappa shape index (κ3) is 7.42. The molecule has 0 radical (unpaired) electrons. The van der Waals surface area contributed by atoms with Crippen LogP contribution in [0.15, 0.2) is 18.2 Å². The van der Waals surface area contributed by atoms with Crippen LogP contribution < -0.4 is 0 Å². The van der Waals surface area contributed by atoms with Gasteiger partial charge in [-0.1, -0.05) is 58.4 Å². The van der Waals surface area contributed by atoms with Gasteiger partial charge < -0.3 is 5.11 Å². The highest BCUT2D eigenvalue weighted by atomic mass is 32.2. The molecule has 1 nitrogen and oxygen atoms in total. The van der Waals surface area contributed by atoms with Gasteiger partial charge in [0, 0.05) is 6.42 Å². The summed E-state index contributed by atoms with van der Waals surface area (Å²) in [7, 11) is 0. The highest BCUT2D eigenvalue weighted by Gasteiger charge is 2.66.